The van der Waals surface area contributed by atoms with Crippen molar-refractivity contribution in [2.45, 2.75) is 6.42 Å². The summed E-state index contributed by atoms with van der Waals surface area (Å²) in [6.07, 6.45) is 0.166. The van der Waals surface area contributed by atoms with E-state index in [9.17, 15) is 8.78 Å². The summed E-state index contributed by atoms with van der Waals surface area (Å²) in [4.78, 5) is 2.95. The van der Waals surface area contributed by atoms with Crippen molar-refractivity contribution in [1.82, 2.24) is 4.98 Å². The van der Waals surface area contributed by atoms with Crippen molar-refractivity contribution >= 4 is 0 Å². The van der Waals surface area contributed by atoms with Crippen molar-refractivity contribution in [2.75, 3.05) is 6.61 Å². The molecule has 60 valence electrons. The predicted octanol–water partition coefficient (Wildman–Crippen LogP) is 0.895. The van der Waals surface area contributed by atoms with Crippen LogP contribution in [0.5, 0.6) is 0 Å². The zero-order valence-electron chi connectivity index (χ0n) is 5.72. The second kappa shape index (κ2) is 3.39. The predicted molar refractivity (Wildman–Crippen MR) is 34.9 cm³/mol. The van der Waals surface area contributed by atoms with Gasteiger partial charge in [-0.05, 0) is 12.1 Å². The lowest BCUT2D eigenvalue weighted by Gasteiger charge is -1.97. The van der Waals surface area contributed by atoms with Crippen molar-refractivity contribution in [3.63, 3.8) is 0 Å². The molecule has 0 aromatic carbocycles. The van der Waals surface area contributed by atoms with Crippen LogP contribution in [0.15, 0.2) is 12.1 Å². The molecule has 0 bridgehead atoms. The zero-order chi connectivity index (χ0) is 8.27. The smallest absolute Gasteiger partial charge is 0.218 e. The standard InChI is InChI=1S/C7H7F2NO/c8-6-2-1-5(3-4-11)7(9)10-6/h1-2,11H,3-4H2. The molecule has 11 heavy (non-hydrogen) atoms. The van der Waals surface area contributed by atoms with E-state index in [4.69, 9.17) is 5.11 Å². The van der Waals surface area contributed by atoms with Gasteiger partial charge in [-0.1, -0.05) is 0 Å². The van der Waals surface area contributed by atoms with Gasteiger partial charge in [0.15, 0.2) is 0 Å². The van der Waals surface area contributed by atoms with Crippen LogP contribution in [0.1, 0.15) is 5.56 Å². The summed E-state index contributed by atoms with van der Waals surface area (Å²) in [6, 6.07) is 2.34. The molecule has 0 saturated carbocycles. The molecule has 0 amide bonds. The number of rotatable bonds is 2. The van der Waals surface area contributed by atoms with Gasteiger partial charge in [-0.25, -0.2) is 0 Å². The Morgan fingerprint density at radius 2 is 2.09 bits per heavy atom. The maximum Gasteiger partial charge on any atom is 0.218 e. The molecular formula is C7H7F2NO. The van der Waals surface area contributed by atoms with E-state index in [1.807, 2.05) is 0 Å². The Labute approximate surface area is 62.5 Å². The molecule has 2 nitrogen and oxygen atoms in total. The van der Waals surface area contributed by atoms with Crippen molar-refractivity contribution in [3.8, 4) is 0 Å². The van der Waals surface area contributed by atoms with Crippen LogP contribution in [0.3, 0.4) is 0 Å². The minimum absolute atomic E-state index is 0.162. The highest BCUT2D eigenvalue weighted by Gasteiger charge is 2.03. The first kappa shape index (κ1) is 8.07. The number of aromatic nitrogens is 1. The Bertz CT molecular complexity index is 252. The van der Waals surface area contributed by atoms with Crippen LogP contribution in [0.25, 0.3) is 0 Å². The molecule has 0 aliphatic rings. The van der Waals surface area contributed by atoms with E-state index in [2.05, 4.69) is 4.98 Å². The Hall–Kier alpha value is -1.03. The van der Waals surface area contributed by atoms with Gasteiger partial charge in [0.1, 0.15) is 0 Å². The molecule has 0 spiro atoms. The fourth-order valence-corrected chi connectivity index (χ4v) is 0.748. The first-order valence-electron chi connectivity index (χ1n) is 3.16. The van der Waals surface area contributed by atoms with Gasteiger partial charge in [-0.3, -0.25) is 0 Å². The van der Waals surface area contributed by atoms with Gasteiger partial charge in [-0.15, -0.1) is 0 Å². The van der Waals surface area contributed by atoms with Crippen LogP contribution in [-0.2, 0) is 6.42 Å². The number of aliphatic hydroxyl groups excluding tert-OH is 1. The van der Waals surface area contributed by atoms with Gasteiger partial charge in [-0.2, -0.15) is 13.8 Å². The highest BCUT2D eigenvalue weighted by atomic mass is 19.1. The summed E-state index contributed by atoms with van der Waals surface area (Å²) in [7, 11) is 0. The molecule has 0 aliphatic heterocycles. The molecule has 4 heteroatoms. The van der Waals surface area contributed by atoms with E-state index in [0.717, 1.165) is 6.07 Å². The monoisotopic (exact) mass is 159 g/mol. The molecule has 0 aliphatic carbocycles. The molecule has 1 aromatic heterocycles. The topological polar surface area (TPSA) is 33.1 Å². The van der Waals surface area contributed by atoms with Gasteiger partial charge in [0.05, 0.1) is 0 Å². The first-order chi connectivity index (χ1) is 5.24. The average Bonchev–Trinajstić information content (AvgIpc) is 1.95. The zero-order valence-corrected chi connectivity index (χ0v) is 5.72. The minimum Gasteiger partial charge on any atom is -0.396 e. The third kappa shape index (κ3) is 1.94. The third-order valence-electron chi connectivity index (χ3n) is 1.27. The summed E-state index contributed by atoms with van der Waals surface area (Å²) < 4.78 is 24.7. The Morgan fingerprint density at radius 1 is 1.36 bits per heavy atom. The minimum atomic E-state index is -0.848. The summed E-state index contributed by atoms with van der Waals surface area (Å²) in [5.41, 5.74) is 0.230. The van der Waals surface area contributed by atoms with Gasteiger partial charge in [0.25, 0.3) is 0 Å². The summed E-state index contributed by atoms with van der Waals surface area (Å²) in [5.74, 6) is -1.69. The lowest BCUT2D eigenvalue weighted by Crippen LogP contribution is -1.98. The normalized spacial score (nSPS) is 10.1. The van der Waals surface area contributed by atoms with Gasteiger partial charge in [0.2, 0.25) is 11.9 Å². The molecule has 1 rings (SSSR count). The summed E-state index contributed by atoms with van der Waals surface area (Å²) in [5, 5.41) is 8.43. The first-order valence-corrected chi connectivity index (χ1v) is 3.16. The quantitative estimate of drug-likeness (QED) is 0.650. The number of aliphatic hydroxyl groups is 1. The van der Waals surface area contributed by atoms with Crippen molar-refractivity contribution in [2.24, 2.45) is 0 Å². The molecule has 1 aromatic rings. The maximum atomic E-state index is 12.6. The molecule has 0 fully saturated rings. The average molecular weight is 159 g/mol. The lowest BCUT2D eigenvalue weighted by atomic mass is 10.2. The molecule has 0 saturated heterocycles. The van der Waals surface area contributed by atoms with Crippen LogP contribution in [0.4, 0.5) is 8.78 Å². The fourth-order valence-electron chi connectivity index (χ4n) is 0.748. The molecule has 1 N–H and O–H groups in total. The highest BCUT2D eigenvalue weighted by Crippen LogP contribution is 2.05. The van der Waals surface area contributed by atoms with E-state index in [0.29, 0.717) is 0 Å². The van der Waals surface area contributed by atoms with E-state index in [-0.39, 0.29) is 18.6 Å². The Balaban J connectivity index is 2.90. The van der Waals surface area contributed by atoms with Crippen molar-refractivity contribution < 1.29 is 13.9 Å². The van der Waals surface area contributed by atoms with Crippen LogP contribution >= 0.6 is 0 Å². The van der Waals surface area contributed by atoms with Crippen LogP contribution in [0.2, 0.25) is 0 Å². The molecular weight excluding hydrogens is 152 g/mol. The van der Waals surface area contributed by atoms with Crippen molar-refractivity contribution in [1.29, 1.82) is 0 Å². The fraction of sp³-hybridized carbons (Fsp3) is 0.286. The Morgan fingerprint density at radius 3 is 2.64 bits per heavy atom. The molecule has 0 radical (unpaired) electrons. The second-order valence-corrected chi connectivity index (χ2v) is 2.06. The molecule has 0 atom stereocenters. The van der Waals surface area contributed by atoms with Crippen LogP contribution in [0, 0.1) is 11.9 Å². The van der Waals surface area contributed by atoms with Gasteiger partial charge < -0.3 is 5.11 Å². The van der Waals surface area contributed by atoms with Crippen molar-refractivity contribution in [3.05, 3.63) is 29.6 Å². The SMILES string of the molecule is OCCc1ccc(F)nc1F. The summed E-state index contributed by atoms with van der Waals surface area (Å²) >= 11 is 0. The number of hydrogen-bond acceptors (Lipinski definition) is 2. The Kier molecular flexibility index (Phi) is 2.48. The number of nitrogens with zero attached hydrogens (tertiary/aromatic N) is 1. The lowest BCUT2D eigenvalue weighted by molar-refractivity contribution is 0.296. The maximum absolute atomic E-state index is 12.6. The number of pyridine rings is 1. The van der Waals surface area contributed by atoms with Crippen LogP contribution < -0.4 is 0 Å². The number of hydrogen-bond donors (Lipinski definition) is 1. The molecule has 1 heterocycles. The van der Waals surface area contributed by atoms with Crippen LogP contribution in [-0.4, -0.2) is 16.7 Å². The largest absolute Gasteiger partial charge is 0.396 e. The van der Waals surface area contributed by atoms with E-state index in [1.54, 1.807) is 0 Å². The van der Waals surface area contributed by atoms with Gasteiger partial charge >= 0.3 is 0 Å². The highest BCUT2D eigenvalue weighted by molar-refractivity contribution is 5.11. The molecule has 0 unspecified atom stereocenters. The van der Waals surface area contributed by atoms with E-state index >= 15 is 0 Å². The van der Waals surface area contributed by atoms with E-state index < -0.39 is 11.9 Å². The summed E-state index contributed by atoms with van der Waals surface area (Å²) in [6.45, 7) is -0.162. The van der Waals surface area contributed by atoms with Gasteiger partial charge in [0, 0.05) is 18.6 Å². The second-order valence-electron chi connectivity index (χ2n) is 2.06. The third-order valence-corrected chi connectivity index (χ3v) is 1.27. The number of halogens is 2. The van der Waals surface area contributed by atoms with E-state index in [1.165, 1.54) is 6.07 Å².